The van der Waals surface area contributed by atoms with E-state index in [1.165, 1.54) is 11.6 Å². The van der Waals surface area contributed by atoms with E-state index in [2.05, 4.69) is 45.0 Å². The van der Waals surface area contributed by atoms with Gasteiger partial charge < -0.3 is 5.32 Å². The van der Waals surface area contributed by atoms with Crippen LogP contribution in [0.2, 0.25) is 0 Å². The molecule has 1 nitrogen and oxygen atoms in total. The van der Waals surface area contributed by atoms with E-state index in [0.717, 1.165) is 31.4 Å². The Labute approximate surface area is 132 Å². The van der Waals surface area contributed by atoms with Crippen molar-refractivity contribution in [3.8, 4) is 0 Å². The molecule has 0 spiro atoms. The van der Waals surface area contributed by atoms with Crippen molar-refractivity contribution in [1.29, 1.82) is 0 Å². The average molecular weight is 356 g/mol. The van der Waals surface area contributed by atoms with Crippen LogP contribution in [0.3, 0.4) is 0 Å². The first-order valence-corrected chi connectivity index (χ1v) is 8.64. The fourth-order valence-corrected chi connectivity index (χ4v) is 3.47. The SMILES string of the molecule is CCCNC(CCc1ccsc1)c1cccc(F)c1Br. The third-order valence-corrected chi connectivity index (χ3v) is 4.87. The second-order valence-corrected chi connectivity index (χ2v) is 6.39. The van der Waals surface area contributed by atoms with Crippen LogP contribution in [-0.2, 0) is 6.42 Å². The van der Waals surface area contributed by atoms with Crippen LogP contribution >= 0.6 is 27.3 Å². The van der Waals surface area contributed by atoms with Crippen LogP contribution < -0.4 is 5.32 Å². The molecule has 4 heteroatoms. The van der Waals surface area contributed by atoms with E-state index < -0.39 is 0 Å². The molecule has 0 bridgehead atoms. The predicted molar refractivity (Wildman–Crippen MR) is 87.8 cm³/mol. The zero-order chi connectivity index (χ0) is 14.4. The summed E-state index contributed by atoms with van der Waals surface area (Å²) in [5, 5.41) is 7.80. The molecule has 1 atom stereocenters. The van der Waals surface area contributed by atoms with Crippen molar-refractivity contribution in [3.05, 3.63) is 56.4 Å². The highest BCUT2D eigenvalue weighted by Crippen LogP contribution is 2.29. The summed E-state index contributed by atoms with van der Waals surface area (Å²) in [7, 11) is 0. The molecule has 0 aliphatic rings. The second-order valence-electron chi connectivity index (χ2n) is 4.82. The lowest BCUT2D eigenvalue weighted by Crippen LogP contribution is -2.23. The highest BCUT2D eigenvalue weighted by molar-refractivity contribution is 9.10. The van der Waals surface area contributed by atoms with Crippen molar-refractivity contribution in [3.63, 3.8) is 0 Å². The molecule has 1 N–H and O–H groups in total. The molecule has 2 aromatic rings. The maximum atomic E-state index is 13.7. The van der Waals surface area contributed by atoms with Gasteiger partial charge in [-0.05, 0) is 75.8 Å². The summed E-state index contributed by atoms with van der Waals surface area (Å²) in [5.74, 6) is -0.193. The summed E-state index contributed by atoms with van der Waals surface area (Å²) in [6.45, 7) is 3.08. The number of benzene rings is 1. The molecule has 0 saturated heterocycles. The maximum absolute atomic E-state index is 13.7. The number of rotatable bonds is 7. The number of halogens is 2. The fourth-order valence-electron chi connectivity index (χ4n) is 2.22. The van der Waals surface area contributed by atoms with Gasteiger partial charge in [0.1, 0.15) is 5.82 Å². The minimum absolute atomic E-state index is 0.180. The molecule has 0 aliphatic heterocycles. The number of thiophene rings is 1. The lowest BCUT2D eigenvalue weighted by Gasteiger charge is -2.20. The van der Waals surface area contributed by atoms with Gasteiger partial charge in [-0.15, -0.1) is 0 Å². The summed E-state index contributed by atoms with van der Waals surface area (Å²) in [5.41, 5.74) is 2.36. The van der Waals surface area contributed by atoms with Gasteiger partial charge in [0.15, 0.2) is 0 Å². The molecule has 0 fully saturated rings. The molecule has 0 amide bonds. The molecular weight excluding hydrogens is 337 g/mol. The van der Waals surface area contributed by atoms with E-state index in [-0.39, 0.29) is 11.9 Å². The minimum atomic E-state index is -0.193. The minimum Gasteiger partial charge on any atom is -0.310 e. The molecular formula is C16H19BrFNS. The van der Waals surface area contributed by atoms with E-state index in [4.69, 9.17) is 0 Å². The normalized spacial score (nSPS) is 12.6. The number of hydrogen-bond donors (Lipinski definition) is 1. The van der Waals surface area contributed by atoms with Gasteiger partial charge in [0.2, 0.25) is 0 Å². The Bertz CT molecular complexity index is 527. The Morgan fingerprint density at radius 3 is 2.90 bits per heavy atom. The Balaban J connectivity index is 2.11. The highest BCUT2D eigenvalue weighted by Gasteiger charge is 2.16. The Morgan fingerprint density at radius 1 is 1.35 bits per heavy atom. The highest BCUT2D eigenvalue weighted by atomic mass is 79.9. The molecule has 1 heterocycles. The van der Waals surface area contributed by atoms with E-state index in [1.807, 2.05) is 6.07 Å². The van der Waals surface area contributed by atoms with Crippen molar-refractivity contribution in [2.45, 2.75) is 32.2 Å². The Hall–Kier alpha value is -0.710. The van der Waals surface area contributed by atoms with Gasteiger partial charge >= 0.3 is 0 Å². The second kappa shape index (κ2) is 7.91. The van der Waals surface area contributed by atoms with Gasteiger partial charge in [-0.2, -0.15) is 11.3 Å². The van der Waals surface area contributed by atoms with Crippen molar-refractivity contribution >= 4 is 27.3 Å². The standard InChI is InChI=1S/C16H19BrFNS/c1-2-9-19-15(7-6-12-8-10-20-11-12)13-4-3-5-14(18)16(13)17/h3-5,8,10-11,15,19H,2,6-7,9H2,1H3. The van der Waals surface area contributed by atoms with Gasteiger partial charge in [0.05, 0.1) is 4.47 Å². The van der Waals surface area contributed by atoms with Crippen LogP contribution in [0.4, 0.5) is 4.39 Å². The summed E-state index contributed by atoms with van der Waals surface area (Å²) < 4.78 is 14.3. The molecule has 0 saturated carbocycles. The summed E-state index contributed by atoms with van der Waals surface area (Å²) >= 11 is 5.10. The monoisotopic (exact) mass is 355 g/mol. The molecule has 0 radical (unpaired) electrons. The largest absolute Gasteiger partial charge is 0.310 e. The topological polar surface area (TPSA) is 12.0 Å². The van der Waals surface area contributed by atoms with Crippen LogP contribution in [0.15, 0.2) is 39.5 Å². The van der Waals surface area contributed by atoms with Gasteiger partial charge in [0.25, 0.3) is 0 Å². The summed E-state index contributed by atoms with van der Waals surface area (Å²) in [6.07, 6.45) is 3.05. The quantitative estimate of drug-likeness (QED) is 0.708. The summed E-state index contributed by atoms with van der Waals surface area (Å²) in [6, 6.07) is 7.60. The number of nitrogens with one attached hydrogen (secondary N) is 1. The molecule has 2 rings (SSSR count). The van der Waals surface area contributed by atoms with E-state index >= 15 is 0 Å². The van der Waals surface area contributed by atoms with Crippen molar-refractivity contribution in [1.82, 2.24) is 5.32 Å². The Morgan fingerprint density at radius 2 is 2.20 bits per heavy atom. The van der Waals surface area contributed by atoms with Crippen molar-refractivity contribution in [2.24, 2.45) is 0 Å². The van der Waals surface area contributed by atoms with Gasteiger partial charge in [-0.3, -0.25) is 0 Å². The van der Waals surface area contributed by atoms with Crippen molar-refractivity contribution < 1.29 is 4.39 Å². The van der Waals surface area contributed by atoms with Crippen LogP contribution in [0.25, 0.3) is 0 Å². The molecule has 1 unspecified atom stereocenters. The zero-order valence-electron chi connectivity index (χ0n) is 11.5. The summed E-state index contributed by atoms with van der Waals surface area (Å²) in [4.78, 5) is 0. The van der Waals surface area contributed by atoms with E-state index in [1.54, 1.807) is 17.4 Å². The zero-order valence-corrected chi connectivity index (χ0v) is 13.9. The third kappa shape index (κ3) is 4.14. The van der Waals surface area contributed by atoms with Crippen LogP contribution in [0.1, 0.15) is 36.9 Å². The first-order valence-electron chi connectivity index (χ1n) is 6.90. The molecule has 1 aromatic carbocycles. The van der Waals surface area contributed by atoms with Gasteiger partial charge in [0, 0.05) is 6.04 Å². The van der Waals surface area contributed by atoms with Crippen LogP contribution in [0.5, 0.6) is 0 Å². The van der Waals surface area contributed by atoms with Gasteiger partial charge in [-0.1, -0.05) is 19.1 Å². The van der Waals surface area contributed by atoms with Crippen LogP contribution in [-0.4, -0.2) is 6.54 Å². The Kier molecular flexibility index (Phi) is 6.20. The van der Waals surface area contributed by atoms with E-state index in [9.17, 15) is 4.39 Å². The molecule has 108 valence electrons. The molecule has 1 aromatic heterocycles. The predicted octanol–water partition coefficient (Wildman–Crippen LogP) is 5.32. The lowest BCUT2D eigenvalue weighted by atomic mass is 9.99. The van der Waals surface area contributed by atoms with Gasteiger partial charge in [-0.25, -0.2) is 4.39 Å². The number of hydrogen-bond acceptors (Lipinski definition) is 2. The fraction of sp³-hybridized carbons (Fsp3) is 0.375. The smallest absolute Gasteiger partial charge is 0.137 e. The lowest BCUT2D eigenvalue weighted by molar-refractivity contribution is 0.493. The molecule has 20 heavy (non-hydrogen) atoms. The first-order chi connectivity index (χ1) is 9.72. The molecule has 0 aliphatic carbocycles. The van der Waals surface area contributed by atoms with E-state index in [0.29, 0.717) is 4.47 Å². The maximum Gasteiger partial charge on any atom is 0.137 e. The average Bonchev–Trinajstić information content (AvgIpc) is 2.96. The number of aryl methyl sites for hydroxylation is 1. The third-order valence-electron chi connectivity index (χ3n) is 3.30. The van der Waals surface area contributed by atoms with Crippen LogP contribution in [0, 0.1) is 5.82 Å². The first kappa shape index (κ1) is 15.7. The van der Waals surface area contributed by atoms with Crippen molar-refractivity contribution in [2.75, 3.05) is 6.54 Å².